The molecule has 0 aliphatic rings. The topological polar surface area (TPSA) is 110 Å². The molecule has 2 N–H and O–H groups in total. The number of carboxylic acid groups (broad SMARTS) is 1. The molecule has 3 heterocycles. The molecule has 3 aromatic heterocycles. The van der Waals surface area contributed by atoms with Crippen LogP contribution in [0.5, 0.6) is 0 Å². The first-order valence-corrected chi connectivity index (χ1v) is 12.5. The minimum absolute atomic E-state index is 0.192. The van der Waals surface area contributed by atoms with Gasteiger partial charge in [0.1, 0.15) is 12.0 Å². The molecule has 3 aromatic carbocycles. The third-order valence-electron chi connectivity index (χ3n) is 6.87. The fourth-order valence-electron chi connectivity index (χ4n) is 4.82. The van der Waals surface area contributed by atoms with E-state index in [0.717, 1.165) is 27.8 Å². The van der Waals surface area contributed by atoms with Crippen molar-refractivity contribution < 1.29 is 19.2 Å². The van der Waals surface area contributed by atoms with Crippen LogP contribution in [0.3, 0.4) is 0 Å². The summed E-state index contributed by atoms with van der Waals surface area (Å²) in [6.45, 7) is 1.86. The van der Waals surface area contributed by atoms with E-state index in [2.05, 4.69) is 45.8 Å². The van der Waals surface area contributed by atoms with Gasteiger partial charge in [-0.3, -0.25) is 4.79 Å². The molecule has 0 radical (unpaired) electrons. The second-order valence-corrected chi connectivity index (χ2v) is 9.45. The summed E-state index contributed by atoms with van der Waals surface area (Å²) in [4.78, 5) is 29.6. The van der Waals surface area contributed by atoms with Crippen LogP contribution >= 0.6 is 0 Å². The van der Waals surface area contributed by atoms with Crippen LogP contribution in [0.4, 0.5) is 0 Å². The van der Waals surface area contributed by atoms with Crippen LogP contribution in [-0.4, -0.2) is 31.5 Å². The smallest absolute Gasteiger partial charge is 0.335 e. The molecule has 0 bridgehead atoms. The van der Waals surface area contributed by atoms with E-state index in [0.29, 0.717) is 23.2 Å². The normalized spacial score (nSPS) is 12.0. The Labute approximate surface area is 223 Å². The summed E-state index contributed by atoms with van der Waals surface area (Å²) in [5.74, 6) is -1.27. The quantitative estimate of drug-likeness (QED) is 0.272. The maximum atomic E-state index is 13.7. The van der Waals surface area contributed by atoms with Crippen molar-refractivity contribution in [1.29, 1.82) is 0 Å². The first-order chi connectivity index (χ1) is 19.0. The molecular formula is C31H24N4O4. The van der Waals surface area contributed by atoms with Crippen LogP contribution in [0.25, 0.3) is 27.5 Å². The molecule has 0 aliphatic carbocycles. The molecule has 0 spiro atoms. The Morgan fingerprint density at radius 1 is 1.00 bits per heavy atom. The number of amides is 1. The van der Waals surface area contributed by atoms with Gasteiger partial charge < -0.3 is 19.3 Å². The van der Waals surface area contributed by atoms with Crippen molar-refractivity contribution in [3.63, 3.8) is 0 Å². The van der Waals surface area contributed by atoms with E-state index in [9.17, 15) is 14.7 Å². The molecule has 0 saturated carbocycles. The van der Waals surface area contributed by atoms with Gasteiger partial charge in [-0.15, -0.1) is 0 Å². The Bertz CT molecular complexity index is 1820. The molecule has 8 nitrogen and oxygen atoms in total. The van der Waals surface area contributed by atoms with E-state index in [1.54, 1.807) is 30.6 Å². The van der Waals surface area contributed by atoms with Crippen LogP contribution in [0, 0.1) is 0 Å². The van der Waals surface area contributed by atoms with E-state index in [1.165, 1.54) is 23.8 Å². The van der Waals surface area contributed by atoms with E-state index in [1.807, 2.05) is 29.7 Å². The van der Waals surface area contributed by atoms with Crippen molar-refractivity contribution in [3.05, 3.63) is 126 Å². The maximum absolute atomic E-state index is 13.7. The number of nitrogens with zero attached hydrogens (tertiary/aromatic N) is 3. The van der Waals surface area contributed by atoms with Crippen molar-refractivity contribution in [1.82, 2.24) is 19.9 Å². The lowest BCUT2D eigenvalue weighted by Crippen LogP contribution is -2.27. The molecule has 1 amide bonds. The zero-order chi connectivity index (χ0) is 26.9. The molecule has 1 atom stereocenters. The number of aromatic carboxylic acids is 1. The zero-order valence-electron chi connectivity index (χ0n) is 21.0. The standard InChI is InChI=1S/C31H24N4O4/c1-19(21-8-10-23(11-9-21)31(37)38)33-30(36)26-16-25(27-12-13-39-34-27)17-35-18-32-28(29(26)35)15-20-6-7-22-4-2-3-5-24(22)14-20/h2-14,16-19H,15H2,1H3,(H,33,36)(H,37,38)/t19-/m0/s1. The summed E-state index contributed by atoms with van der Waals surface area (Å²) in [6, 6.07) is 24.2. The molecule has 39 heavy (non-hydrogen) atoms. The summed E-state index contributed by atoms with van der Waals surface area (Å²) in [5, 5.41) is 18.6. The molecular weight excluding hydrogens is 492 g/mol. The Morgan fingerprint density at radius 2 is 1.79 bits per heavy atom. The summed E-state index contributed by atoms with van der Waals surface area (Å²) in [7, 11) is 0. The summed E-state index contributed by atoms with van der Waals surface area (Å²) >= 11 is 0. The number of nitrogens with one attached hydrogen (secondary N) is 1. The molecule has 6 aromatic rings. The minimum Gasteiger partial charge on any atom is -0.478 e. The van der Waals surface area contributed by atoms with Gasteiger partial charge in [-0.2, -0.15) is 0 Å². The third kappa shape index (κ3) is 4.75. The zero-order valence-corrected chi connectivity index (χ0v) is 21.0. The molecule has 0 aliphatic heterocycles. The maximum Gasteiger partial charge on any atom is 0.335 e. The first kappa shape index (κ1) is 24.1. The average Bonchev–Trinajstić information content (AvgIpc) is 3.63. The van der Waals surface area contributed by atoms with Crippen LogP contribution in [0.15, 0.2) is 102 Å². The molecule has 0 saturated heterocycles. The van der Waals surface area contributed by atoms with E-state index >= 15 is 0 Å². The van der Waals surface area contributed by atoms with Crippen molar-refractivity contribution >= 4 is 28.2 Å². The lowest BCUT2D eigenvalue weighted by Gasteiger charge is -2.16. The van der Waals surface area contributed by atoms with Gasteiger partial charge in [0.05, 0.1) is 34.7 Å². The lowest BCUT2D eigenvalue weighted by molar-refractivity contribution is 0.0696. The number of imidazole rings is 1. The highest BCUT2D eigenvalue weighted by Crippen LogP contribution is 2.27. The highest BCUT2D eigenvalue weighted by molar-refractivity contribution is 6.02. The predicted molar refractivity (Wildman–Crippen MR) is 147 cm³/mol. The van der Waals surface area contributed by atoms with Crippen molar-refractivity contribution in [2.24, 2.45) is 0 Å². The largest absolute Gasteiger partial charge is 0.478 e. The summed E-state index contributed by atoms with van der Waals surface area (Å²) in [6.07, 6.45) is 5.63. The first-order valence-electron chi connectivity index (χ1n) is 12.5. The number of rotatable bonds is 7. The highest BCUT2D eigenvalue weighted by atomic mass is 16.5. The average molecular weight is 517 g/mol. The Kier molecular flexibility index (Phi) is 6.13. The number of hydrogen-bond acceptors (Lipinski definition) is 5. The number of hydrogen-bond donors (Lipinski definition) is 2. The van der Waals surface area contributed by atoms with Crippen LogP contribution in [0.2, 0.25) is 0 Å². The number of aromatic nitrogens is 3. The third-order valence-corrected chi connectivity index (χ3v) is 6.87. The van der Waals surface area contributed by atoms with Crippen LogP contribution in [0.1, 0.15) is 50.5 Å². The number of carbonyl (C=O) groups excluding carboxylic acids is 1. The van der Waals surface area contributed by atoms with Gasteiger partial charge in [0.15, 0.2) is 0 Å². The predicted octanol–water partition coefficient (Wildman–Crippen LogP) is 5.92. The van der Waals surface area contributed by atoms with Crippen molar-refractivity contribution in [2.75, 3.05) is 0 Å². The van der Waals surface area contributed by atoms with Crippen molar-refractivity contribution in [2.45, 2.75) is 19.4 Å². The lowest BCUT2D eigenvalue weighted by atomic mass is 10.0. The number of pyridine rings is 1. The Balaban J connectivity index is 1.38. The number of carbonyl (C=O) groups is 2. The van der Waals surface area contributed by atoms with Gasteiger partial charge in [0.2, 0.25) is 0 Å². The fraction of sp³-hybridized carbons (Fsp3) is 0.0968. The van der Waals surface area contributed by atoms with Crippen LogP contribution < -0.4 is 5.32 Å². The molecule has 6 rings (SSSR count). The summed E-state index contributed by atoms with van der Waals surface area (Å²) in [5.41, 5.74) is 5.34. The Morgan fingerprint density at radius 3 is 2.54 bits per heavy atom. The molecule has 0 unspecified atom stereocenters. The van der Waals surface area contributed by atoms with Crippen LogP contribution in [-0.2, 0) is 6.42 Å². The number of carboxylic acids is 1. The number of benzene rings is 3. The van der Waals surface area contributed by atoms with Gasteiger partial charge in [0.25, 0.3) is 5.91 Å². The van der Waals surface area contributed by atoms with E-state index < -0.39 is 5.97 Å². The monoisotopic (exact) mass is 516 g/mol. The molecule has 0 fully saturated rings. The number of fused-ring (bicyclic) bond motifs is 2. The summed E-state index contributed by atoms with van der Waals surface area (Å²) < 4.78 is 6.88. The van der Waals surface area contributed by atoms with E-state index in [-0.39, 0.29) is 17.5 Å². The van der Waals surface area contributed by atoms with Gasteiger partial charge in [-0.05, 0) is 47.0 Å². The van der Waals surface area contributed by atoms with Gasteiger partial charge in [-0.25, -0.2) is 9.78 Å². The van der Waals surface area contributed by atoms with Gasteiger partial charge in [-0.1, -0.05) is 59.8 Å². The fourth-order valence-corrected chi connectivity index (χ4v) is 4.82. The van der Waals surface area contributed by atoms with E-state index in [4.69, 9.17) is 4.52 Å². The second-order valence-electron chi connectivity index (χ2n) is 9.45. The molecule has 192 valence electrons. The second kappa shape index (κ2) is 9.90. The highest BCUT2D eigenvalue weighted by Gasteiger charge is 2.21. The van der Waals surface area contributed by atoms with Crippen molar-refractivity contribution in [3.8, 4) is 11.3 Å². The van der Waals surface area contributed by atoms with Gasteiger partial charge >= 0.3 is 5.97 Å². The minimum atomic E-state index is -0.995. The molecule has 8 heteroatoms. The SMILES string of the molecule is C[C@H](NC(=O)c1cc(-c2ccon2)cn2cnc(Cc3ccc4ccccc4c3)c12)c1ccc(C(=O)O)cc1. The van der Waals surface area contributed by atoms with Gasteiger partial charge in [0, 0.05) is 24.2 Å². The Hall–Kier alpha value is -5.24.